The number of benzene rings is 2. The van der Waals surface area contributed by atoms with Crippen LogP contribution >= 0.6 is 0 Å². The second-order valence-electron chi connectivity index (χ2n) is 13.3. The van der Waals surface area contributed by atoms with E-state index < -0.39 is 53.5 Å². The number of aromatic hydroxyl groups is 1. The average molecular weight is 668 g/mol. The Bertz CT molecular complexity index is 2050. The number of phenols is 1. The predicted octanol–water partition coefficient (Wildman–Crippen LogP) is 5.36. The number of piperazine rings is 1. The second kappa shape index (κ2) is 12.2. The van der Waals surface area contributed by atoms with Gasteiger partial charge >= 0.3 is 6.01 Å². The number of aromatic nitrogens is 3. The minimum absolute atomic E-state index is 0.0395. The Morgan fingerprint density at radius 2 is 1.92 bits per heavy atom. The lowest BCUT2D eigenvalue weighted by molar-refractivity contribution is -0.0679. The Hall–Kier alpha value is -4.41. The summed E-state index contributed by atoms with van der Waals surface area (Å²) < 4.78 is 96.0. The molecule has 3 aliphatic heterocycles. The summed E-state index contributed by atoms with van der Waals surface area (Å²) in [4.78, 5) is 17.2. The van der Waals surface area contributed by atoms with E-state index in [1.54, 1.807) is 6.92 Å². The quantitative estimate of drug-likeness (QED) is 0.200. The SMILES string of the molecule is [2H]C([2H])([2H])Oc1nc(-c2cc(O)cc3ccc(F)c(C#C)c23)c(F)c2nc(OC[C@]3(C)CN(C)CC[C@@H]3C(F)F)nc(N3C[C@H]4CC[C@@H](C3)N4)c12. The third-order valence-corrected chi connectivity index (χ3v) is 9.96. The van der Waals surface area contributed by atoms with E-state index in [2.05, 4.69) is 26.2 Å². The summed E-state index contributed by atoms with van der Waals surface area (Å²) in [6.45, 7) is 3.14. The Labute approximate surface area is 279 Å². The molecular formula is C35H36F4N6O3. The number of alkyl halides is 2. The van der Waals surface area contributed by atoms with Crippen LogP contribution in [0.15, 0.2) is 24.3 Å². The van der Waals surface area contributed by atoms with E-state index in [1.807, 2.05) is 16.8 Å². The molecule has 4 atom stereocenters. The van der Waals surface area contributed by atoms with Crippen molar-refractivity contribution in [2.24, 2.45) is 11.3 Å². The maximum Gasteiger partial charge on any atom is 0.319 e. The molecule has 0 spiro atoms. The maximum absolute atomic E-state index is 17.2. The predicted molar refractivity (Wildman–Crippen MR) is 174 cm³/mol. The lowest BCUT2D eigenvalue weighted by atomic mass is 9.73. The highest BCUT2D eigenvalue weighted by Crippen LogP contribution is 2.43. The second-order valence-corrected chi connectivity index (χ2v) is 13.3. The lowest BCUT2D eigenvalue weighted by Gasteiger charge is -2.44. The zero-order valence-corrected chi connectivity index (χ0v) is 26.4. The van der Waals surface area contributed by atoms with Crippen LogP contribution < -0.4 is 19.7 Å². The summed E-state index contributed by atoms with van der Waals surface area (Å²) in [5.74, 6) is -1.33. The molecule has 3 saturated heterocycles. The Morgan fingerprint density at radius 3 is 2.62 bits per heavy atom. The number of nitrogens with zero attached hydrogens (tertiary/aromatic N) is 5. The van der Waals surface area contributed by atoms with Crippen LogP contribution in [-0.4, -0.2) is 90.3 Å². The molecule has 48 heavy (non-hydrogen) atoms. The molecule has 0 saturated carbocycles. The van der Waals surface area contributed by atoms with Crippen molar-refractivity contribution in [3.05, 3.63) is 41.5 Å². The molecule has 9 nitrogen and oxygen atoms in total. The smallest absolute Gasteiger partial charge is 0.319 e. The number of methoxy groups -OCH3 is 1. The van der Waals surface area contributed by atoms with Crippen molar-refractivity contribution in [1.82, 2.24) is 25.2 Å². The number of likely N-dealkylation sites (tertiary alicyclic amines) is 1. The van der Waals surface area contributed by atoms with Gasteiger partial charge in [-0.3, -0.25) is 0 Å². The van der Waals surface area contributed by atoms with Crippen LogP contribution in [0, 0.1) is 35.3 Å². The first-order valence-corrected chi connectivity index (χ1v) is 15.8. The van der Waals surface area contributed by atoms with Crippen LogP contribution in [0.1, 0.15) is 35.9 Å². The van der Waals surface area contributed by atoms with E-state index in [4.69, 9.17) is 20.0 Å². The largest absolute Gasteiger partial charge is 0.508 e. The molecule has 4 aromatic rings. The van der Waals surface area contributed by atoms with Crippen LogP contribution in [0.5, 0.6) is 17.6 Å². The fourth-order valence-electron chi connectivity index (χ4n) is 7.70. The van der Waals surface area contributed by atoms with Crippen molar-refractivity contribution >= 4 is 27.5 Å². The van der Waals surface area contributed by atoms with Crippen molar-refractivity contribution < 1.29 is 36.3 Å². The first-order valence-electron chi connectivity index (χ1n) is 17.3. The van der Waals surface area contributed by atoms with Gasteiger partial charge in [-0.1, -0.05) is 18.9 Å². The first-order chi connectivity index (χ1) is 24.1. The number of nitrogens with one attached hydrogen (secondary N) is 1. The number of phenolic OH excluding ortho intramolecular Hbond substituents is 1. The number of anilines is 1. The minimum Gasteiger partial charge on any atom is -0.508 e. The number of pyridine rings is 1. The number of terminal acetylenes is 1. The van der Waals surface area contributed by atoms with Gasteiger partial charge < -0.3 is 29.7 Å². The van der Waals surface area contributed by atoms with Crippen LogP contribution in [0.3, 0.4) is 0 Å². The number of ether oxygens (including phenoxy) is 2. The van der Waals surface area contributed by atoms with Crippen molar-refractivity contribution in [3.8, 4) is 41.2 Å². The van der Waals surface area contributed by atoms with Crippen LogP contribution in [0.2, 0.25) is 0 Å². The summed E-state index contributed by atoms with van der Waals surface area (Å²) >= 11 is 0. The molecule has 13 heteroatoms. The summed E-state index contributed by atoms with van der Waals surface area (Å²) in [6, 6.07) is 4.74. The summed E-state index contributed by atoms with van der Waals surface area (Å²) in [6.07, 6.45) is 5.08. The van der Waals surface area contributed by atoms with Gasteiger partial charge in [-0.2, -0.15) is 9.97 Å². The molecular weight excluding hydrogens is 628 g/mol. The fourth-order valence-corrected chi connectivity index (χ4v) is 7.70. The van der Waals surface area contributed by atoms with Crippen molar-refractivity contribution in [3.63, 3.8) is 0 Å². The molecule has 0 unspecified atom stereocenters. The van der Waals surface area contributed by atoms with Gasteiger partial charge in [0.05, 0.1) is 23.3 Å². The fraction of sp³-hybridized carbons (Fsp3) is 0.457. The summed E-state index contributed by atoms with van der Waals surface area (Å²) in [5, 5.41) is 14.3. The minimum atomic E-state index is -3.06. The molecule has 2 bridgehead atoms. The highest BCUT2D eigenvalue weighted by atomic mass is 19.3. The van der Waals surface area contributed by atoms with E-state index >= 15 is 8.78 Å². The van der Waals surface area contributed by atoms with Crippen LogP contribution in [-0.2, 0) is 0 Å². The molecule has 3 aliphatic rings. The van der Waals surface area contributed by atoms with Crippen LogP contribution in [0.4, 0.5) is 23.4 Å². The van der Waals surface area contributed by atoms with Gasteiger partial charge in [0.2, 0.25) is 12.3 Å². The molecule has 252 valence electrons. The van der Waals surface area contributed by atoms with E-state index in [0.29, 0.717) is 26.2 Å². The van der Waals surface area contributed by atoms with Crippen LogP contribution in [0.25, 0.3) is 32.9 Å². The highest BCUT2D eigenvalue weighted by molar-refractivity contribution is 6.04. The van der Waals surface area contributed by atoms with Gasteiger partial charge in [0, 0.05) is 54.0 Å². The van der Waals surface area contributed by atoms with Gasteiger partial charge in [0.15, 0.2) is 5.82 Å². The molecule has 3 fully saturated rings. The number of hydrogen-bond donors (Lipinski definition) is 2. The number of piperidine rings is 1. The van der Waals surface area contributed by atoms with Gasteiger partial charge in [0.1, 0.15) is 34.0 Å². The van der Waals surface area contributed by atoms with Gasteiger partial charge in [-0.25, -0.2) is 22.5 Å². The molecule has 2 N–H and O–H groups in total. The monoisotopic (exact) mass is 667 g/mol. The van der Waals surface area contributed by atoms with E-state index in [1.165, 1.54) is 12.1 Å². The van der Waals surface area contributed by atoms with E-state index in [-0.39, 0.29) is 70.0 Å². The molecule has 2 aromatic heterocycles. The van der Waals surface area contributed by atoms with Crippen molar-refractivity contribution in [1.29, 1.82) is 0 Å². The molecule has 2 aromatic carbocycles. The Balaban J connectivity index is 1.46. The first kappa shape index (κ1) is 28.6. The van der Waals surface area contributed by atoms with E-state index in [0.717, 1.165) is 25.0 Å². The van der Waals surface area contributed by atoms with E-state index in [9.17, 15) is 13.9 Å². The number of halogens is 4. The topological polar surface area (TPSA) is 95.9 Å². The summed E-state index contributed by atoms with van der Waals surface area (Å²) in [7, 11) is -1.23. The number of rotatable bonds is 7. The average Bonchev–Trinajstić information content (AvgIpc) is 3.40. The summed E-state index contributed by atoms with van der Waals surface area (Å²) in [5.41, 5.74) is -2.35. The zero-order valence-electron chi connectivity index (χ0n) is 29.4. The number of fused-ring (bicyclic) bond motifs is 4. The molecule has 5 heterocycles. The zero-order chi connectivity index (χ0) is 36.4. The molecule has 0 amide bonds. The van der Waals surface area contributed by atoms with Crippen molar-refractivity contribution in [2.75, 3.05) is 51.8 Å². The van der Waals surface area contributed by atoms with Gasteiger partial charge in [-0.05, 0) is 56.4 Å². The Kier molecular flexibility index (Phi) is 7.29. The number of hydrogen-bond acceptors (Lipinski definition) is 9. The molecule has 0 aliphatic carbocycles. The highest BCUT2D eigenvalue weighted by Gasteiger charge is 2.45. The third-order valence-electron chi connectivity index (χ3n) is 9.96. The van der Waals surface area contributed by atoms with Gasteiger partial charge in [-0.15, -0.1) is 6.42 Å². The van der Waals surface area contributed by atoms with Crippen molar-refractivity contribution in [2.45, 2.75) is 44.7 Å². The third kappa shape index (κ3) is 5.50. The molecule has 0 radical (unpaired) electrons. The normalized spacial score (nSPS) is 25.6. The Morgan fingerprint density at radius 1 is 1.15 bits per heavy atom. The molecule has 7 rings (SSSR count). The lowest BCUT2D eigenvalue weighted by Crippen LogP contribution is -2.51. The van der Waals surface area contributed by atoms with Gasteiger partial charge in [0.25, 0.3) is 0 Å². The standard InChI is InChI=1S/C35H36F4N6O3/c1-5-22-25(36)9-6-18-12-21(46)13-23(26(18)22)29-28(37)30-27(33(41-29)47-4)32(45-14-19-7-8-20(15-45)40-19)43-34(42-30)48-17-35(2)16-44(3)11-10-24(35)31(38)39/h1,6,9,12-13,19-20,24,31,40,46H,7-8,10-11,14-17H2,2-4H3/t19-,20+,24-,35+/m1/s1/i4D3. The maximum atomic E-state index is 17.2.